The van der Waals surface area contributed by atoms with E-state index >= 15 is 0 Å². The van der Waals surface area contributed by atoms with Gasteiger partial charge in [-0.25, -0.2) is 0 Å². The van der Waals surface area contributed by atoms with Crippen LogP contribution in [0.15, 0.2) is 0 Å². The van der Waals surface area contributed by atoms with Gasteiger partial charge in [-0.15, -0.1) is 0 Å². The standard InChI is InChI=1S/2C18H38O.Zr/c2*1-2-3-4-5-6-7-8-9-10-11-12-13-14-15-16-17-18-19;/h2*19H,2-18H2,1H3;. The molecular formula is C36H76O2Zr. The zero-order valence-corrected chi connectivity index (χ0v) is 29.9. The van der Waals surface area contributed by atoms with Crippen molar-refractivity contribution >= 4 is 0 Å². The van der Waals surface area contributed by atoms with Crippen molar-refractivity contribution in [1.29, 1.82) is 0 Å². The Morgan fingerprint density at radius 1 is 0.231 bits per heavy atom. The minimum Gasteiger partial charge on any atom is -0.396 e. The molecule has 0 aliphatic carbocycles. The molecule has 0 fully saturated rings. The van der Waals surface area contributed by atoms with E-state index in [-0.39, 0.29) is 26.2 Å². The van der Waals surface area contributed by atoms with Crippen LogP contribution in [-0.4, -0.2) is 23.4 Å². The van der Waals surface area contributed by atoms with Crippen molar-refractivity contribution in [3.63, 3.8) is 0 Å². The van der Waals surface area contributed by atoms with Crippen molar-refractivity contribution in [1.82, 2.24) is 0 Å². The third-order valence-electron chi connectivity index (χ3n) is 8.02. The number of hydrogen-bond acceptors (Lipinski definition) is 2. The van der Waals surface area contributed by atoms with Crippen LogP contribution in [-0.2, 0) is 26.2 Å². The quantitative estimate of drug-likeness (QED) is 0.0725. The second-order valence-corrected chi connectivity index (χ2v) is 12.1. The minimum atomic E-state index is 0. The van der Waals surface area contributed by atoms with Crippen LogP contribution in [0.25, 0.3) is 0 Å². The maximum atomic E-state index is 8.67. The Morgan fingerprint density at radius 2 is 0.359 bits per heavy atom. The predicted octanol–water partition coefficient (Wildman–Crippen LogP) is 12.5. The molecule has 0 radical (unpaired) electrons. The maximum absolute atomic E-state index is 8.67. The van der Waals surface area contributed by atoms with Crippen molar-refractivity contribution in [3.8, 4) is 0 Å². The van der Waals surface area contributed by atoms with Gasteiger partial charge in [0.05, 0.1) is 0 Å². The largest absolute Gasteiger partial charge is 0.396 e. The summed E-state index contributed by atoms with van der Waals surface area (Å²) in [6.45, 7) is 5.32. The molecule has 0 saturated heterocycles. The molecule has 2 N–H and O–H groups in total. The molecule has 0 aliphatic heterocycles. The Bertz CT molecular complexity index is 298. The molecule has 0 aliphatic rings. The van der Waals surface area contributed by atoms with Crippen LogP contribution in [0.3, 0.4) is 0 Å². The second kappa shape index (κ2) is 45.8. The number of aliphatic hydroxyl groups excluding tert-OH is 2. The minimum absolute atomic E-state index is 0. The molecule has 236 valence electrons. The van der Waals surface area contributed by atoms with Gasteiger partial charge >= 0.3 is 0 Å². The van der Waals surface area contributed by atoms with Gasteiger partial charge in [0, 0.05) is 39.4 Å². The fraction of sp³-hybridized carbons (Fsp3) is 1.00. The molecule has 0 spiro atoms. The van der Waals surface area contributed by atoms with E-state index in [1.54, 1.807) is 0 Å². The average molecular weight is 632 g/mol. The second-order valence-electron chi connectivity index (χ2n) is 12.1. The van der Waals surface area contributed by atoms with E-state index in [9.17, 15) is 0 Å². The van der Waals surface area contributed by atoms with Crippen LogP contribution >= 0.6 is 0 Å². The normalized spacial score (nSPS) is 10.8. The molecule has 0 heterocycles. The van der Waals surface area contributed by atoms with Crippen molar-refractivity contribution in [3.05, 3.63) is 0 Å². The van der Waals surface area contributed by atoms with Gasteiger partial charge in [-0.1, -0.05) is 206 Å². The number of rotatable bonds is 32. The SMILES string of the molecule is CCCCCCCCCCCCCCCCCCO.CCCCCCCCCCCCCCCCCCO.[Zr]. The number of unbranched alkanes of at least 4 members (excludes halogenated alkanes) is 30. The van der Waals surface area contributed by atoms with E-state index in [0.717, 1.165) is 12.8 Å². The van der Waals surface area contributed by atoms with E-state index in [1.807, 2.05) is 0 Å². The van der Waals surface area contributed by atoms with E-state index in [4.69, 9.17) is 10.2 Å². The Labute approximate surface area is 267 Å². The molecule has 0 amide bonds. The van der Waals surface area contributed by atoms with E-state index in [0.29, 0.717) is 13.2 Å². The third kappa shape index (κ3) is 48.8. The van der Waals surface area contributed by atoms with Gasteiger partial charge in [0.2, 0.25) is 0 Å². The van der Waals surface area contributed by atoms with Gasteiger partial charge in [-0.05, 0) is 12.8 Å². The summed E-state index contributed by atoms with van der Waals surface area (Å²) in [5, 5.41) is 17.3. The zero-order valence-electron chi connectivity index (χ0n) is 27.4. The van der Waals surface area contributed by atoms with Gasteiger partial charge < -0.3 is 10.2 Å². The number of hydrogen-bond donors (Lipinski definition) is 2. The van der Waals surface area contributed by atoms with Gasteiger partial charge in [0.1, 0.15) is 0 Å². The number of aliphatic hydroxyl groups is 2. The van der Waals surface area contributed by atoms with Crippen molar-refractivity contribution in [2.75, 3.05) is 13.2 Å². The van der Waals surface area contributed by atoms with E-state index in [2.05, 4.69) is 13.8 Å². The smallest absolute Gasteiger partial charge is 0.0431 e. The maximum Gasteiger partial charge on any atom is 0.0431 e. The van der Waals surface area contributed by atoms with Crippen LogP contribution in [0.4, 0.5) is 0 Å². The van der Waals surface area contributed by atoms with Crippen LogP contribution in [0.2, 0.25) is 0 Å². The fourth-order valence-electron chi connectivity index (χ4n) is 5.32. The van der Waals surface area contributed by atoms with Crippen LogP contribution in [0, 0.1) is 0 Å². The summed E-state index contributed by atoms with van der Waals surface area (Å²) in [7, 11) is 0. The van der Waals surface area contributed by atoms with Crippen molar-refractivity contribution in [2.45, 2.75) is 219 Å². The summed E-state index contributed by atoms with van der Waals surface area (Å²) in [5.41, 5.74) is 0. The summed E-state index contributed by atoms with van der Waals surface area (Å²) in [4.78, 5) is 0. The van der Waals surface area contributed by atoms with Gasteiger partial charge in [-0.3, -0.25) is 0 Å². The van der Waals surface area contributed by atoms with Gasteiger partial charge in [-0.2, -0.15) is 0 Å². The summed E-state index contributed by atoms with van der Waals surface area (Å²) < 4.78 is 0. The molecule has 0 rings (SSSR count). The van der Waals surface area contributed by atoms with Crippen molar-refractivity contribution < 1.29 is 36.4 Å². The predicted molar refractivity (Wildman–Crippen MR) is 173 cm³/mol. The summed E-state index contributed by atoms with van der Waals surface area (Å²) in [6, 6.07) is 0. The molecular weight excluding hydrogens is 556 g/mol. The van der Waals surface area contributed by atoms with E-state index < -0.39 is 0 Å². The molecule has 0 unspecified atom stereocenters. The van der Waals surface area contributed by atoms with Gasteiger partial charge in [0.25, 0.3) is 0 Å². The molecule has 0 aromatic carbocycles. The first kappa shape index (κ1) is 44.2. The summed E-state index contributed by atoms with van der Waals surface area (Å²) >= 11 is 0. The fourth-order valence-corrected chi connectivity index (χ4v) is 5.32. The first-order chi connectivity index (χ1) is 18.8. The molecule has 0 aromatic rings. The Kier molecular flexibility index (Phi) is 51.9. The van der Waals surface area contributed by atoms with E-state index in [1.165, 1.54) is 193 Å². The average Bonchev–Trinajstić information content (AvgIpc) is 2.93. The first-order valence-electron chi connectivity index (χ1n) is 18.0. The van der Waals surface area contributed by atoms with Crippen LogP contribution < -0.4 is 0 Å². The monoisotopic (exact) mass is 630 g/mol. The first-order valence-corrected chi connectivity index (χ1v) is 18.0. The third-order valence-corrected chi connectivity index (χ3v) is 8.02. The Balaban J connectivity index is -0.000000648. The molecule has 2 nitrogen and oxygen atoms in total. The summed E-state index contributed by atoms with van der Waals surface area (Å²) in [6.07, 6.45) is 44.3. The molecule has 39 heavy (non-hydrogen) atoms. The molecule has 0 atom stereocenters. The van der Waals surface area contributed by atoms with Crippen LogP contribution in [0.1, 0.15) is 219 Å². The van der Waals surface area contributed by atoms with Crippen LogP contribution in [0.5, 0.6) is 0 Å². The molecule has 3 heteroatoms. The molecule has 0 aromatic heterocycles. The summed E-state index contributed by atoms with van der Waals surface area (Å²) in [5.74, 6) is 0. The van der Waals surface area contributed by atoms with Gasteiger partial charge in [0.15, 0.2) is 0 Å². The van der Waals surface area contributed by atoms with Crippen molar-refractivity contribution in [2.24, 2.45) is 0 Å². The zero-order chi connectivity index (χ0) is 28.0. The molecule has 0 saturated carbocycles. The Morgan fingerprint density at radius 3 is 0.487 bits per heavy atom. The topological polar surface area (TPSA) is 40.5 Å². The molecule has 0 bridgehead atoms. The Hall–Kier alpha value is 0.803.